The number of nitrogens with zero attached hydrogens (tertiary/aromatic N) is 1. The SMILES string of the molecule is CCOC1CC(N(C)C(=O)CN)C1(C)C. The van der Waals surface area contributed by atoms with E-state index < -0.39 is 0 Å². The Labute approximate surface area is 91.8 Å². The molecule has 4 nitrogen and oxygen atoms in total. The average Bonchev–Trinajstić information content (AvgIpc) is 2.21. The lowest BCUT2D eigenvalue weighted by Crippen LogP contribution is -2.62. The predicted molar refractivity (Wildman–Crippen MR) is 59.4 cm³/mol. The number of hydrogen-bond donors (Lipinski definition) is 1. The normalized spacial score (nSPS) is 28.3. The van der Waals surface area contributed by atoms with Crippen molar-refractivity contribution in [3.8, 4) is 0 Å². The molecular weight excluding hydrogens is 192 g/mol. The van der Waals surface area contributed by atoms with Gasteiger partial charge in [-0.05, 0) is 13.3 Å². The van der Waals surface area contributed by atoms with Gasteiger partial charge in [0.2, 0.25) is 5.91 Å². The van der Waals surface area contributed by atoms with Crippen LogP contribution in [0.2, 0.25) is 0 Å². The van der Waals surface area contributed by atoms with Crippen LogP contribution in [0.3, 0.4) is 0 Å². The summed E-state index contributed by atoms with van der Waals surface area (Å²) in [5, 5.41) is 0. The monoisotopic (exact) mass is 214 g/mol. The maximum absolute atomic E-state index is 11.5. The first kappa shape index (κ1) is 12.5. The molecule has 4 heteroatoms. The zero-order chi connectivity index (χ0) is 11.6. The number of rotatable bonds is 4. The Morgan fingerprint density at radius 1 is 1.60 bits per heavy atom. The fourth-order valence-corrected chi connectivity index (χ4v) is 2.32. The molecule has 1 rings (SSSR count). The summed E-state index contributed by atoms with van der Waals surface area (Å²) in [6, 6.07) is 0.255. The number of carbonyl (C=O) groups excluding carboxylic acids is 1. The molecule has 0 bridgehead atoms. The van der Waals surface area contributed by atoms with Crippen molar-refractivity contribution >= 4 is 5.91 Å². The summed E-state index contributed by atoms with van der Waals surface area (Å²) in [6.07, 6.45) is 1.18. The maximum atomic E-state index is 11.5. The molecular formula is C11H22N2O2. The van der Waals surface area contributed by atoms with Gasteiger partial charge in [-0.15, -0.1) is 0 Å². The van der Waals surface area contributed by atoms with Crippen LogP contribution >= 0.6 is 0 Å². The molecule has 1 aliphatic carbocycles. The molecule has 0 aromatic heterocycles. The first-order valence-electron chi connectivity index (χ1n) is 5.52. The molecule has 1 fully saturated rings. The summed E-state index contributed by atoms with van der Waals surface area (Å²) < 4.78 is 5.62. The number of likely N-dealkylation sites (N-methyl/N-ethyl adjacent to an activating group) is 1. The number of carbonyl (C=O) groups is 1. The molecule has 0 heterocycles. The molecule has 2 unspecified atom stereocenters. The van der Waals surface area contributed by atoms with Crippen molar-refractivity contribution in [1.29, 1.82) is 0 Å². The van der Waals surface area contributed by atoms with E-state index in [1.165, 1.54) is 0 Å². The molecule has 0 radical (unpaired) electrons. The molecule has 1 amide bonds. The highest BCUT2D eigenvalue weighted by atomic mass is 16.5. The number of hydrogen-bond acceptors (Lipinski definition) is 3. The molecule has 15 heavy (non-hydrogen) atoms. The Balaban J connectivity index is 2.58. The Kier molecular flexibility index (Phi) is 3.73. The van der Waals surface area contributed by atoms with Crippen LogP contribution in [0.15, 0.2) is 0 Å². The minimum Gasteiger partial charge on any atom is -0.378 e. The van der Waals surface area contributed by atoms with Gasteiger partial charge in [0.05, 0.1) is 12.6 Å². The van der Waals surface area contributed by atoms with Crippen molar-refractivity contribution < 1.29 is 9.53 Å². The number of amides is 1. The summed E-state index contributed by atoms with van der Waals surface area (Å²) in [5.74, 6) is 0.00280. The molecule has 2 atom stereocenters. The summed E-state index contributed by atoms with van der Waals surface area (Å²) in [7, 11) is 1.82. The summed E-state index contributed by atoms with van der Waals surface area (Å²) in [5.41, 5.74) is 5.39. The third-order valence-electron chi connectivity index (χ3n) is 3.53. The lowest BCUT2D eigenvalue weighted by Gasteiger charge is -2.54. The van der Waals surface area contributed by atoms with E-state index in [4.69, 9.17) is 10.5 Å². The van der Waals surface area contributed by atoms with E-state index >= 15 is 0 Å². The molecule has 1 aliphatic rings. The average molecular weight is 214 g/mol. The van der Waals surface area contributed by atoms with E-state index in [0.29, 0.717) is 0 Å². The zero-order valence-electron chi connectivity index (χ0n) is 10.1. The number of ether oxygens (including phenoxy) is 1. The second kappa shape index (κ2) is 4.49. The predicted octanol–water partition coefficient (Wildman–Crippen LogP) is 0.607. The van der Waals surface area contributed by atoms with Crippen molar-refractivity contribution in [3.63, 3.8) is 0 Å². The van der Waals surface area contributed by atoms with Crippen LogP contribution in [0.25, 0.3) is 0 Å². The topological polar surface area (TPSA) is 55.6 Å². The highest BCUT2D eigenvalue weighted by Gasteiger charge is 2.51. The van der Waals surface area contributed by atoms with Crippen molar-refractivity contribution in [2.75, 3.05) is 20.2 Å². The Morgan fingerprint density at radius 2 is 2.20 bits per heavy atom. The van der Waals surface area contributed by atoms with Gasteiger partial charge >= 0.3 is 0 Å². The largest absolute Gasteiger partial charge is 0.378 e. The van der Waals surface area contributed by atoms with Gasteiger partial charge < -0.3 is 15.4 Å². The summed E-state index contributed by atoms with van der Waals surface area (Å²) in [6.45, 7) is 7.10. The molecule has 2 N–H and O–H groups in total. The Hall–Kier alpha value is -0.610. The zero-order valence-corrected chi connectivity index (χ0v) is 10.1. The summed E-state index contributed by atoms with van der Waals surface area (Å²) >= 11 is 0. The van der Waals surface area contributed by atoms with Crippen LogP contribution in [0.4, 0.5) is 0 Å². The van der Waals surface area contributed by atoms with Crippen LogP contribution in [-0.4, -0.2) is 43.2 Å². The van der Waals surface area contributed by atoms with Gasteiger partial charge in [0.25, 0.3) is 0 Å². The van der Waals surface area contributed by atoms with E-state index in [-0.39, 0.29) is 30.0 Å². The van der Waals surface area contributed by atoms with Crippen LogP contribution in [0, 0.1) is 5.41 Å². The quantitative estimate of drug-likeness (QED) is 0.746. The van der Waals surface area contributed by atoms with Crippen molar-refractivity contribution in [1.82, 2.24) is 4.90 Å². The molecule has 0 aromatic rings. The van der Waals surface area contributed by atoms with E-state index in [1.54, 1.807) is 4.90 Å². The third-order valence-corrected chi connectivity index (χ3v) is 3.53. The van der Waals surface area contributed by atoms with Gasteiger partial charge in [0, 0.05) is 25.1 Å². The second-order valence-corrected chi connectivity index (χ2v) is 4.73. The Bertz CT molecular complexity index is 241. The molecule has 1 saturated carbocycles. The first-order valence-corrected chi connectivity index (χ1v) is 5.52. The maximum Gasteiger partial charge on any atom is 0.236 e. The van der Waals surface area contributed by atoms with Crippen molar-refractivity contribution in [2.24, 2.45) is 11.1 Å². The molecule has 0 aromatic carbocycles. The van der Waals surface area contributed by atoms with E-state index in [2.05, 4.69) is 13.8 Å². The summed E-state index contributed by atoms with van der Waals surface area (Å²) in [4.78, 5) is 13.2. The first-order chi connectivity index (χ1) is 6.95. The van der Waals surface area contributed by atoms with Gasteiger partial charge in [-0.2, -0.15) is 0 Å². The van der Waals surface area contributed by atoms with Crippen LogP contribution in [0.1, 0.15) is 27.2 Å². The van der Waals surface area contributed by atoms with Crippen molar-refractivity contribution in [2.45, 2.75) is 39.3 Å². The lowest BCUT2D eigenvalue weighted by atomic mass is 9.64. The number of nitrogens with two attached hydrogens (primary N) is 1. The van der Waals surface area contributed by atoms with Gasteiger partial charge in [-0.3, -0.25) is 4.79 Å². The van der Waals surface area contributed by atoms with Crippen LogP contribution in [-0.2, 0) is 9.53 Å². The molecule has 88 valence electrons. The highest BCUT2D eigenvalue weighted by Crippen LogP contribution is 2.45. The molecule has 0 aliphatic heterocycles. The molecule has 0 saturated heterocycles. The van der Waals surface area contributed by atoms with Crippen LogP contribution in [0.5, 0.6) is 0 Å². The second-order valence-electron chi connectivity index (χ2n) is 4.73. The smallest absolute Gasteiger partial charge is 0.236 e. The highest BCUT2D eigenvalue weighted by molar-refractivity contribution is 5.78. The van der Waals surface area contributed by atoms with Gasteiger partial charge in [0.1, 0.15) is 0 Å². The van der Waals surface area contributed by atoms with Crippen LogP contribution < -0.4 is 5.73 Å². The van der Waals surface area contributed by atoms with E-state index in [1.807, 2.05) is 14.0 Å². The fourth-order valence-electron chi connectivity index (χ4n) is 2.32. The Morgan fingerprint density at radius 3 is 2.60 bits per heavy atom. The van der Waals surface area contributed by atoms with Crippen molar-refractivity contribution in [3.05, 3.63) is 0 Å². The van der Waals surface area contributed by atoms with Gasteiger partial charge in [-0.25, -0.2) is 0 Å². The van der Waals surface area contributed by atoms with E-state index in [9.17, 15) is 4.79 Å². The fraction of sp³-hybridized carbons (Fsp3) is 0.909. The van der Waals surface area contributed by atoms with Gasteiger partial charge in [-0.1, -0.05) is 13.8 Å². The van der Waals surface area contributed by atoms with Gasteiger partial charge in [0.15, 0.2) is 0 Å². The standard InChI is InChI=1S/C11H22N2O2/c1-5-15-9-6-8(11(9,2)3)13(4)10(14)7-12/h8-9H,5-7,12H2,1-4H3. The third kappa shape index (κ3) is 2.16. The minimum absolute atomic E-state index is 0.00280. The van der Waals surface area contributed by atoms with E-state index in [0.717, 1.165) is 13.0 Å². The minimum atomic E-state index is 0.00280. The molecule has 0 spiro atoms. The lowest BCUT2D eigenvalue weighted by molar-refractivity contribution is -0.162.